The van der Waals surface area contributed by atoms with Crippen LogP contribution in [-0.4, -0.2) is 47.8 Å². The van der Waals surface area contributed by atoms with Crippen molar-refractivity contribution < 1.29 is 5.11 Å². The second-order valence-electron chi connectivity index (χ2n) is 4.38. The normalized spacial score (nSPS) is 14.4. The molecular formula is C11H26N2O. The van der Waals surface area contributed by atoms with Gasteiger partial charge in [0.25, 0.3) is 0 Å². The van der Waals surface area contributed by atoms with E-state index >= 15 is 0 Å². The fraction of sp³-hybridized carbons (Fsp3) is 1.00. The van der Waals surface area contributed by atoms with E-state index in [9.17, 15) is 5.11 Å². The van der Waals surface area contributed by atoms with Crippen molar-refractivity contribution in [3.8, 4) is 0 Å². The number of aliphatic hydroxyl groups is 1. The molecule has 0 saturated heterocycles. The number of rotatable bonds is 7. The Labute approximate surface area is 88.5 Å². The fourth-order valence-electron chi connectivity index (χ4n) is 1.62. The molecule has 0 aromatic carbocycles. The number of likely N-dealkylation sites (N-methyl/N-ethyl adjacent to an activating group) is 1. The van der Waals surface area contributed by atoms with E-state index in [0.717, 1.165) is 13.1 Å². The van der Waals surface area contributed by atoms with E-state index in [4.69, 9.17) is 0 Å². The van der Waals surface area contributed by atoms with E-state index in [-0.39, 0.29) is 12.6 Å². The Bertz CT molecular complexity index is 137. The van der Waals surface area contributed by atoms with Gasteiger partial charge in [-0.15, -0.1) is 0 Å². The maximum absolute atomic E-state index is 9.21. The van der Waals surface area contributed by atoms with Gasteiger partial charge in [0.2, 0.25) is 0 Å². The summed E-state index contributed by atoms with van der Waals surface area (Å²) in [4.78, 5) is 2.36. The van der Waals surface area contributed by atoms with Crippen LogP contribution in [0, 0.1) is 0 Å². The highest BCUT2D eigenvalue weighted by molar-refractivity contribution is 4.74. The molecule has 1 atom stereocenters. The lowest BCUT2D eigenvalue weighted by molar-refractivity contribution is 0.158. The van der Waals surface area contributed by atoms with Crippen LogP contribution in [0.2, 0.25) is 0 Å². The van der Waals surface area contributed by atoms with Crippen LogP contribution in [-0.2, 0) is 0 Å². The van der Waals surface area contributed by atoms with Gasteiger partial charge >= 0.3 is 0 Å². The Morgan fingerprint density at radius 3 is 2.07 bits per heavy atom. The maximum atomic E-state index is 9.21. The van der Waals surface area contributed by atoms with Crippen molar-refractivity contribution >= 4 is 0 Å². The molecule has 1 unspecified atom stereocenters. The van der Waals surface area contributed by atoms with E-state index in [0.29, 0.717) is 12.1 Å². The summed E-state index contributed by atoms with van der Waals surface area (Å²) in [5, 5.41) is 12.6. The molecule has 0 amide bonds. The van der Waals surface area contributed by atoms with Gasteiger partial charge in [0, 0.05) is 24.7 Å². The molecule has 0 saturated carbocycles. The lowest BCUT2D eigenvalue weighted by atomic mass is 10.2. The molecule has 0 rings (SSSR count). The maximum Gasteiger partial charge on any atom is 0.0597 e. The van der Waals surface area contributed by atoms with Crippen LogP contribution in [0.1, 0.15) is 34.6 Å². The molecular weight excluding hydrogens is 176 g/mol. The number of hydrogen-bond donors (Lipinski definition) is 2. The van der Waals surface area contributed by atoms with Crippen LogP contribution < -0.4 is 5.32 Å². The van der Waals surface area contributed by atoms with Crippen LogP contribution >= 0.6 is 0 Å². The third-order valence-corrected chi connectivity index (χ3v) is 2.38. The van der Waals surface area contributed by atoms with Crippen LogP contribution in [0.5, 0.6) is 0 Å². The van der Waals surface area contributed by atoms with Gasteiger partial charge < -0.3 is 10.4 Å². The first-order valence-corrected chi connectivity index (χ1v) is 5.62. The largest absolute Gasteiger partial charge is 0.395 e. The number of hydrogen-bond acceptors (Lipinski definition) is 3. The lowest BCUT2D eigenvalue weighted by Gasteiger charge is -2.30. The third-order valence-electron chi connectivity index (χ3n) is 2.38. The Hall–Kier alpha value is -0.120. The molecule has 0 aliphatic rings. The van der Waals surface area contributed by atoms with Crippen molar-refractivity contribution in [2.75, 3.05) is 19.7 Å². The second-order valence-corrected chi connectivity index (χ2v) is 4.38. The third kappa shape index (κ3) is 5.58. The molecule has 0 aliphatic heterocycles. The summed E-state index contributed by atoms with van der Waals surface area (Å²) < 4.78 is 0. The summed E-state index contributed by atoms with van der Waals surface area (Å²) in [6.07, 6.45) is 0. The van der Waals surface area contributed by atoms with E-state index in [2.05, 4.69) is 44.8 Å². The minimum Gasteiger partial charge on any atom is -0.395 e. The number of nitrogens with zero attached hydrogens (tertiary/aromatic N) is 1. The van der Waals surface area contributed by atoms with Gasteiger partial charge in [-0.25, -0.2) is 0 Å². The van der Waals surface area contributed by atoms with Crippen LogP contribution in [0.25, 0.3) is 0 Å². The highest BCUT2D eigenvalue weighted by atomic mass is 16.3. The van der Waals surface area contributed by atoms with Gasteiger partial charge in [0.15, 0.2) is 0 Å². The predicted octanol–water partition coefficient (Wildman–Crippen LogP) is 1.08. The smallest absolute Gasteiger partial charge is 0.0597 e. The molecule has 0 bridgehead atoms. The molecule has 0 fully saturated rings. The number of aliphatic hydroxyl groups excluding tert-OH is 1. The molecule has 0 heterocycles. The summed E-state index contributed by atoms with van der Waals surface area (Å²) >= 11 is 0. The van der Waals surface area contributed by atoms with Crippen LogP contribution in [0.3, 0.4) is 0 Å². The first-order chi connectivity index (χ1) is 6.51. The number of nitrogens with one attached hydrogen (secondary N) is 1. The van der Waals surface area contributed by atoms with E-state index in [1.54, 1.807) is 0 Å². The van der Waals surface area contributed by atoms with Gasteiger partial charge in [0.1, 0.15) is 0 Å². The topological polar surface area (TPSA) is 35.5 Å². The van der Waals surface area contributed by atoms with Gasteiger partial charge in [-0.2, -0.15) is 0 Å². The molecule has 2 N–H and O–H groups in total. The average Bonchev–Trinajstić information content (AvgIpc) is 2.10. The average molecular weight is 202 g/mol. The summed E-state index contributed by atoms with van der Waals surface area (Å²) in [7, 11) is 0. The molecule has 3 heteroatoms. The molecule has 0 aliphatic carbocycles. The quantitative estimate of drug-likeness (QED) is 0.648. The Balaban J connectivity index is 4.00. The summed E-state index contributed by atoms with van der Waals surface area (Å²) in [5.74, 6) is 0. The van der Waals surface area contributed by atoms with Crippen LogP contribution in [0.4, 0.5) is 0 Å². The molecule has 0 radical (unpaired) electrons. The zero-order valence-corrected chi connectivity index (χ0v) is 10.2. The molecule has 0 aromatic rings. The molecule has 0 aromatic heterocycles. The standard InChI is InChI=1S/C11H26N2O/c1-6-13(10(4)5)7-11(8-14)12-9(2)3/h9-12,14H,6-8H2,1-5H3. The monoisotopic (exact) mass is 202 g/mol. The lowest BCUT2D eigenvalue weighted by Crippen LogP contribution is -2.47. The summed E-state index contributed by atoms with van der Waals surface area (Å²) in [5.41, 5.74) is 0. The minimum atomic E-state index is 0.192. The first kappa shape index (κ1) is 13.9. The Morgan fingerprint density at radius 1 is 1.21 bits per heavy atom. The van der Waals surface area contributed by atoms with Crippen molar-refractivity contribution in [3.63, 3.8) is 0 Å². The van der Waals surface area contributed by atoms with Crippen molar-refractivity contribution in [3.05, 3.63) is 0 Å². The first-order valence-electron chi connectivity index (χ1n) is 5.62. The zero-order valence-electron chi connectivity index (χ0n) is 10.2. The minimum absolute atomic E-state index is 0.192. The zero-order chi connectivity index (χ0) is 11.1. The highest BCUT2D eigenvalue weighted by Gasteiger charge is 2.14. The Morgan fingerprint density at radius 2 is 1.79 bits per heavy atom. The van der Waals surface area contributed by atoms with Gasteiger partial charge in [-0.1, -0.05) is 20.8 Å². The highest BCUT2D eigenvalue weighted by Crippen LogP contribution is 2.00. The van der Waals surface area contributed by atoms with Gasteiger partial charge in [-0.05, 0) is 20.4 Å². The van der Waals surface area contributed by atoms with Gasteiger partial charge in [-0.3, -0.25) is 4.90 Å². The molecule has 86 valence electrons. The van der Waals surface area contributed by atoms with E-state index < -0.39 is 0 Å². The van der Waals surface area contributed by atoms with Crippen molar-refractivity contribution in [1.29, 1.82) is 0 Å². The fourth-order valence-corrected chi connectivity index (χ4v) is 1.62. The second kappa shape index (κ2) is 7.21. The van der Waals surface area contributed by atoms with Crippen LogP contribution in [0.15, 0.2) is 0 Å². The summed E-state index contributed by atoms with van der Waals surface area (Å²) in [6.45, 7) is 12.9. The molecule has 3 nitrogen and oxygen atoms in total. The molecule has 0 spiro atoms. The van der Waals surface area contributed by atoms with Crippen molar-refractivity contribution in [1.82, 2.24) is 10.2 Å². The molecule has 14 heavy (non-hydrogen) atoms. The predicted molar refractivity (Wildman–Crippen MR) is 61.5 cm³/mol. The van der Waals surface area contributed by atoms with Gasteiger partial charge in [0.05, 0.1) is 6.61 Å². The SMILES string of the molecule is CCN(CC(CO)NC(C)C)C(C)C. The van der Waals surface area contributed by atoms with E-state index in [1.165, 1.54) is 0 Å². The van der Waals surface area contributed by atoms with Crippen molar-refractivity contribution in [2.45, 2.75) is 52.7 Å². The summed E-state index contributed by atoms with van der Waals surface area (Å²) in [6, 6.07) is 1.17. The van der Waals surface area contributed by atoms with E-state index in [1.807, 2.05) is 0 Å². The van der Waals surface area contributed by atoms with Crippen molar-refractivity contribution in [2.24, 2.45) is 0 Å². The Kier molecular flexibility index (Phi) is 7.15.